The third-order valence-corrected chi connectivity index (χ3v) is 4.89. The van der Waals surface area contributed by atoms with Crippen LogP contribution in [0.4, 0.5) is 8.78 Å². The second-order valence-electron chi connectivity index (χ2n) is 6.31. The van der Waals surface area contributed by atoms with Gasteiger partial charge >= 0.3 is 0 Å². The van der Waals surface area contributed by atoms with E-state index in [1.165, 1.54) is 35.0 Å². The van der Waals surface area contributed by atoms with E-state index in [1.807, 2.05) is 0 Å². The smallest absolute Gasteiger partial charge is 0.275 e. The van der Waals surface area contributed by atoms with E-state index in [4.69, 9.17) is 23.2 Å². The van der Waals surface area contributed by atoms with Crippen molar-refractivity contribution in [3.8, 4) is 16.9 Å². The van der Waals surface area contributed by atoms with Gasteiger partial charge in [-0.15, -0.1) is 0 Å². The molecule has 1 amide bonds. The summed E-state index contributed by atoms with van der Waals surface area (Å²) < 4.78 is 28.9. The molecule has 28 heavy (non-hydrogen) atoms. The number of aromatic nitrogens is 2. The Morgan fingerprint density at radius 1 is 1.11 bits per heavy atom. The van der Waals surface area contributed by atoms with Gasteiger partial charge in [0.15, 0.2) is 5.69 Å². The summed E-state index contributed by atoms with van der Waals surface area (Å²) >= 11 is 11.9. The lowest BCUT2D eigenvalue weighted by Crippen LogP contribution is -2.30. The molecule has 2 heterocycles. The van der Waals surface area contributed by atoms with Crippen LogP contribution >= 0.6 is 23.2 Å². The monoisotopic (exact) mass is 422 g/mol. The summed E-state index contributed by atoms with van der Waals surface area (Å²) in [7, 11) is 0. The summed E-state index contributed by atoms with van der Waals surface area (Å²) in [5.74, 6) is -1.36. The fourth-order valence-corrected chi connectivity index (χ4v) is 3.45. The van der Waals surface area contributed by atoms with E-state index in [9.17, 15) is 13.6 Å². The average molecular weight is 423 g/mol. The minimum atomic E-state index is -0.577. The number of hydrogen-bond donors (Lipinski definition) is 1. The zero-order valence-corrected chi connectivity index (χ0v) is 15.9. The van der Waals surface area contributed by atoms with Crippen molar-refractivity contribution in [2.75, 3.05) is 19.8 Å². The van der Waals surface area contributed by atoms with Crippen molar-refractivity contribution in [2.45, 2.75) is 0 Å². The van der Waals surface area contributed by atoms with Gasteiger partial charge in [0.1, 0.15) is 11.6 Å². The van der Waals surface area contributed by atoms with E-state index in [0.717, 1.165) is 0 Å². The molecule has 9 heteroatoms. The number of halogens is 4. The van der Waals surface area contributed by atoms with Gasteiger partial charge in [-0.05, 0) is 42.5 Å². The first-order valence-corrected chi connectivity index (χ1v) is 9.20. The van der Waals surface area contributed by atoms with E-state index in [-0.39, 0.29) is 21.6 Å². The largest absolute Gasteiger partial charge is 0.323 e. The Morgan fingerprint density at radius 2 is 1.93 bits per heavy atom. The minimum Gasteiger partial charge on any atom is -0.323 e. The molecule has 1 saturated heterocycles. The zero-order valence-electron chi connectivity index (χ0n) is 14.4. The minimum absolute atomic E-state index is 0.0900. The summed E-state index contributed by atoms with van der Waals surface area (Å²) in [5.41, 5.74) is 1.47. The van der Waals surface area contributed by atoms with Crippen molar-refractivity contribution in [3.05, 3.63) is 69.8 Å². The van der Waals surface area contributed by atoms with E-state index in [1.54, 1.807) is 17.0 Å². The van der Waals surface area contributed by atoms with Crippen LogP contribution in [-0.2, 0) is 0 Å². The first-order valence-electron chi connectivity index (χ1n) is 8.44. The van der Waals surface area contributed by atoms with Gasteiger partial charge in [-0.2, -0.15) is 5.10 Å². The number of amides is 1. The molecule has 1 aliphatic heterocycles. The SMILES string of the molecule is O=C(c1cc(-c2cc(F)cc(Cl)c2)n(-c2ccc(F)c(Cl)c2)n1)N1CCNC1. The molecular formula is C19H14Cl2F2N4O. The molecule has 0 saturated carbocycles. The molecule has 0 atom stereocenters. The molecular weight excluding hydrogens is 409 g/mol. The molecule has 1 aliphatic rings. The Labute approximate surface area is 169 Å². The molecule has 144 valence electrons. The summed E-state index contributed by atoms with van der Waals surface area (Å²) in [6.45, 7) is 1.69. The van der Waals surface area contributed by atoms with Crippen LogP contribution in [-0.4, -0.2) is 40.3 Å². The van der Waals surface area contributed by atoms with Crippen LogP contribution in [0.3, 0.4) is 0 Å². The van der Waals surface area contributed by atoms with Gasteiger partial charge in [0.25, 0.3) is 5.91 Å². The summed E-state index contributed by atoms with van der Waals surface area (Å²) in [6.07, 6.45) is 0. The number of nitrogens with one attached hydrogen (secondary N) is 1. The Balaban J connectivity index is 1.86. The Hall–Kier alpha value is -2.48. The number of carbonyl (C=O) groups is 1. The summed E-state index contributed by atoms with van der Waals surface area (Å²) in [5, 5.41) is 7.58. The van der Waals surface area contributed by atoms with Crippen molar-refractivity contribution < 1.29 is 13.6 Å². The molecule has 1 aromatic heterocycles. The van der Waals surface area contributed by atoms with Gasteiger partial charge in [-0.3, -0.25) is 10.1 Å². The van der Waals surface area contributed by atoms with Gasteiger partial charge in [-0.1, -0.05) is 23.2 Å². The number of benzene rings is 2. The molecule has 0 spiro atoms. The molecule has 0 bridgehead atoms. The molecule has 3 aromatic rings. The van der Waals surface area contributed by atoms with Gasteiger partial charge in [-0.25, -0.2) is 13.5 Å². The van der Waals surface area contributed by atoms with Gasteiger partial charge < -0.3 is 4.90 Å². The summed E-state index contributed by atoms with van der Waals surface area (Å²) in [6, 6.07) is 9.66. The van der Waals surface area contributed by atoms with E-state index in [2.05, 4.69) is 10.4 Å². The molecule has 0 aliphatic carbocycles. The van der Waals surface area contributed by atoms with Crippen LogP contribution < -0.4 is 5.32 Å². The van der Waals surface area contributed by atoms with Crippen molar-refractivity contribution in [3.63, 3.8) is 0 Å². The van der Waals surface area contributed by atoms with E-state index in [0.29, 0.717) is 36.7 Å². The highest BCUT2D eigenvalue weighted by molar-refractivity contribution is 6.31. The van der Waals surface area contributed by atoms with Crippen LogP contribution in [0.5, 0.6) is 0 Å². The van der Waals surface area contributed by atoms with Crippen LogP contribution in [0.2, 0.25) is 10.0 Å². The molecule has 2 aromatic carbocycles. The topological polar surface area (TPSA) is 50.2 Å². The van der Waals surface area contributed by atoms with Crippen LogP contribution in [0.15, 0.2) is 42.5 Å². The highest BCUT2D eigenvalue weighted by atomic mass is 35.5. The Morgan fingerprint density at radius 3 is 2.61 bits per heavy atom. The van der Waals surface area contributed by atoms with Crippen LogP contribution in [0.25, 0.3) is 16.9 Å². The highest BCUT2D eigenvalue weighted by Crippen LogP contribution is 2.29. The van der Waals surface area contributed by atoms with E-state index >= 15 is 0 Å². The van der Waals surface area contributed by atoms with Crippen LogP contribution in [0, 0.1) is 11.6 Å². The second kappa shape index (κ2) is 7.50. The molecule has 0 radical (unpaired) electrons. The predicted octanol–water partition coefficient (Wildman–Crippen LogP) is 4.13. The second-order valence-corrected chi connectivity index (χ2v) is 7.15. The van der Waals surface area contributed by atoms with Gasteiger partial charge in [0, 0.05) is 23.7 Å². The van der Waals surface area contributed by atoms with Crippen LogP contribution in [0.1, 0.15) is 10.5 Å². The number of nitrogens with zero attached hydrogens (tertiary/aromatic N) is 3. The molecule has 0 unspecified atom stereocenters. The van der Waals surface area contributed by atoms with Crippen molar-refractivity contribution in [1.29, 1.82) is 0 Å². The third kappa shape index (κ3) is 3.61. The van der Waals surface area contributed by atoms with Gasteiger partial charge in [0.2, 0.25) is 0 Å². The average Bonchev–Trinajstić information content (AvgIpc) is 3.32. The zero-order chi connectivity index (χ0) is 19.8. The highest BCUT2D eigenvalue weighted by Gasteiger charge is 2.24. The first-order chi connectivity index (χ1) is 13.4. The predicted molar refractivity (Wildman–Crippen MR) is 103 cm³/mol. The van der Waals surface area contributed by atoms with Gasteiger partial charge in [0.05, 0.1) is 23.1 Å². The number of carbonyl (C=O) groups excluding carboxylic acids is 1. The Bertz CT molecular complexity index is 1040. The van der Waals surface area contributed by atoms with Crippen molar-refractivity contribution in [1.82, 2.24) is 20.0 Å². The Kier molecular flexibility index (Phi) is 5.05. The van der Waals surface area contributed by atoms with Crippen molar-refractivity contribution in [2.24, 2.45) is 0 Å². The number of hydrogen-bond acceptors (Lipinski definition) is 3. The summed E-state index contributed by atoms with van der Waals surface area (Å²) in [4.78, 5) is 14.4. The molecule has 5 nitrogen and oxygen atoms in total. The third-order valence-electron chi connectivity index (χ3n) is 4.38. The maximum absolute atomic E-state index is 13.9. The van der Waals surface area contributed by atoms with Crippen molar-refractivity contribution >= 4 is 29.1 Å². The maximum atomic E-state index is 13.9. The molecule has 1 N–H and O–H groups in total. The first kappa shape index (κ1) is 18.9. The normalized spacial score (nSPS) is 13.9. The quantitative estimate of drug-likeness (QED) is 0.690. The lowest BCUT2D eigenvalue weighted by molar-refractivity contribution is 0.0785. The fraction of sp³-hybridized carbons (Fsp3) is 0.158. The molecule has 4 rings (SSSR count). The standard InChI is InChI=1S/C19H14Cl2F2N4O/c20-12-5-11(6-13(22)7-12)18-9-17(19(28)26-4-3-24-10-26)25-27(18)14-1-2-16(23)15(21)8-14/h1-2,5-9,24H,3-4,10H2. The van der Waals surface area contributed by atoms with E-state index < -0.39 is 11.6 Å². The molecule has 1 fully saturated rings. The lowest BCUT2D eigenvalue weighted by atomic mass is 10.1. The number of rotatable bonds is 3. The fourth-order valence-electron chi connectivity index (χ4n) is 3.05. The lowest BCUT2D eigenvalue weighted by Gasteiger charge is -2.12. The maximum Gasteiger partial charge on any atom is 0.275 e.